The molecule has 0 saturated heterocycles. The maximum atomic E-state index is 5.23. The standard InChI is InChI=1S/C23H26N2O/c1-17-6-11-22-20(15-17)21-16-24(2)14-12-23(21)25(22)13-4-5-18-7-9-19(26-3)10-8-18/h4-11,15H,12-14,16H2,1-3H3. The average Bonchev–Trinajstić information content (AvgIpc) is 2.95. The smallest absolute Gasteiger partial charge is 0.118 e. The number of nitrogens with zero attached hydrogens (tertiary/aromatic N) is 2. The van der Waals surface area contributed by atoms with Crippen molar-refractivity contribution in [3.63, 3.8) is 0 Å². The van der Waals surface area contributed by atoms with E-state index in [0.717, 1.165) is 31.8 Å². The van der Waals surface area contributed by atoms with Crippen LogP contribution in [0.5, 0.6) is 5.75 Å². The van der Waals surface area contributed by atoms with E-state index in [-0.39, 0.29) is 0 Å². The molecule has 0 saturated carbocycles. The normalized spacial score (nSPS) is 14.9. The molecule has 0 spiro atoms. The summed E-state index contributed by atoms with van der Waals surface area (Å²) < 4.78 is 7.73. The third kappa shape index (κ3) is 3.15. The Morgan fingerprint density at radius 3 is 2.69 bits per heavy atom. The zero-order valence-corrected chi connectivity index (χ0v) is 15.8. The van der Waals surface area contributed by atoms with Crippen molar-refractivity contribution in [2.45, 2.75) is 26.4 Å². The molecule has 26 heavy (non-hydrogen) atoms. The molecule has 3 heteroatoms. The predicted molar refractivity (Wildman–Crippen MR) is 109 cm³/mol. The number of aryl methyl sites for hydroxylation is 1. The Hall–Kier alpha value is -2.52. The molecule has 2 heterocycles. The molecule has 3 aromatic rings. The minimum absolute atomic E-state index is 0.895. The lowest BCUT2D eigenvalue weighted by atomic mass is 10.0. The number of ether oxygens (including phenoxy) is 1. The van der Waals surface area contributed by atoms with Crippen LogP contribution in [0.4, 0.5) is 0 Å². The zero-order chi connectivity index (χ0) is 18.1. The van der Waals surface area contributed by atoms with Crippen LogP contribution in [0.25, 0.3) is 17.0 Å². The molecule has 0 fully saturated rings. The van der Waals surface area contributed by atoms with Gasteiger partial charge in [0.1, 0.15) is 5.75 Å². The van der Waals surface area contributed by atoms with E-state index >= 15 is 0 Å². The van der Waals surface area contributed by atoms with Gasteiger partial charge >= 0.3 is 0 Å². The number of aromatic nitrogens is 1. The average molecular weight is 346 g/mol. The molecule has 3 nitrogen and oxygen atoms in total. The van der Waals surface area contributed by atoms with Gasteiger partial charge in [-0.1, -0.05) is 35.9 Å². The van der Waals surface area contributed by atoms with Crippen LogP contribution < -0.4 is 4.74 Å². The van der Waals surface area contributed by atoms with Crippen molar-refractivity contribution < 1.29 is 4.74 Å². The predicted octanol–water partition coefficient (Wildman–Crippen LogP) is 4.66. The van der Waals surface area contributed by atoms with Gasteiger partial charge in [0.25, 0.3) is 0 Å². The summed E-state index contributed by atoms with van der Waals surface area (Å²) in [5.74, 6) is 0.895. The second kappa shape index (κ2) is 7.00. The minimum atomic E-state index is 0.895. The number of rotatable bonds is 4. The lowest BCUT2D eigenvalue weighted by Gasteiger charge is -2.24. The van der Waals surface area contributed by atoms with Crippen molar-refractivity contribution in [3.8, 4) is 5.75 Å². The Bertz CT molecular complexity index is 950. The van der Waals surface area contributed by atoms with E-state index in [2.05, 4.69) is 65.9 Å². The number of allylic oxidation sites excluding steroid dienone is 1. The molecule has 0 bridgehead atoms. The number of benzene rings is 2. The molecule has 0 aliphatic carbocycles. The lowest BCUT2D eigenvalue weighted by molar-refractivity contribution is 0.310. The summed E-state index contributed by atoms with van der Waals surface area (Å²) in [6, 6.07) is 15.0. The van der Waals surface area contributed by atoms with Gasteiger partial charge in [0.05, 0.1) is 7.11 Å². The van der Waals surface area contributed by atoms with Crippen molar-refractivity contribution in [1.29, 1.82) is 0 Å². The first-order valence-electron chi connectivity index (χ1n) is 9.25. The quantitative estimate of drug-likeness (QED) is 0.684. The van der Waals surface area contributed by atoms with Crippen LogP contribution in [0.15, 0.2) is 48.5 Å². The van der Waals surface area contributed by atoms with E-state index in [9.17, 15) is 0 Å². The maximum Gasteiger partial charge on any atom is 0.118 e. The first-order chi connectivity index (χ1) is 12.7. The summed E-state index contributed by atoms with van der Waals surface area (Å²) in [5, 5.41) is 1.42. The summed E-state index contributed by atoms with van der Waals surface area (Å²) in [7, 11) is 3.91. The molecule has 134 valence electrons. The highest BCUT2D eigenvalue weighted by atomic mass is 16.5. The molecule has 1 aliphatic rings. The van der Waals surface area contributed by atoms with Crippen LogP contribution in [0.1, 0.15) is 22.4 Å². The van der Waals surface area contributed by atoms with Gasteiger partial charge in [-0.05, 0) is 49.4 Å². The van der Waals surface area contributed by atoms with Gasteiger partial charge in [-0.2, -0.15) is 0 Å². The molecule has 0 unspecified atom stereocenters. The molecule has 2 aromatic carbocycles. The number of hydrogen-bond donors (Lipinski definition) is 0. The number of fused-ring (bicyclic) bond motifs is 3. The summed E-state index contributed by atoms with van der Waals surface area (Å²) >= 11 is 0. The molecule has 1 aliphatic heterocycles. The molecular formula is C23H26N2O. The van der Waals surface area contributed by atoms with Gasteiger partial charge in [0.2, 0.25) is 0 Å². The summed E-state index contributed by atoms with van der Waals surface area (Å²) in [6.45, 7) is 5.26. The highest BCUT2D eigenvalue weighted by Crippen LogP contribution is 2.31. The molecule has 0 N–H and O–H groups in total. The fraction of sp³-hybridized carbons (Fsp3) is 0.304. The van der Waals surface area contributed by atoms with E-state index in [1.54, 1.807) is 7.11 Å². The second-order valence-corrected chi connectivity index (χ2v) is 7.22. The molecule has 4 rings (SSSR count). The highest BCUT2D eigenvalue weighted by molar-refractivity contribution is 5.86. The first kappa shape index (κ1) is 16.9. The fourth-order valence-electron chi connectivity index (χ4n) is 3.92. The minimum Gasteiger partial charge on any atom is -0.497 e. The van der Waals surface area contributed by atoms with Crippen molar-refractivity contribution in [3.05, 3.63) is 70.9 Å². The van der Waals surface area contributed by atoms with Crippen LogP contribution in [-0.2, 0) is 19.5 Å². The third-order valence-corrected chi connectivity index (χ3v) is 5.31. The molecule has 0 radical (unpaired) electrons. The molecule has 0 atom stereocenters. The van der Waals surface area contributed by atoms with E-state index < -0.39 is 0 Å². The van der Waals surface area contributed by atoms with Crippen molar-refractivity contribution in [1.82, 2.24) is 9.47 Å². The van der Waals surface area contributed by atoms with Gasteiger partial charge in [-0.3, -0.25) is 0 Å². The Morgan fingerprint density at radius 1 is 1.12 bits per heavy atom. The monoisotopic (exact) mass is 346 g/mol. The van der Waals surface area contributed by atoms with Gasteiger partial charge < -0.3 is 14.2 Å². The van der Waals surface area contributed by atoms with E-state index in [1.165, 1.54) is 33.3 Å². The van der Waals surface area contributed by atoms with Crippen LogP contribution in [0.3, 0.4) is 0 Å². The summed E-state index contributed by atoms with van der Waals surface area (Å²) in [4.78, 5) is 2.42. The van der Waals surface area contributed by atoms with E-state index in [4.69, 9.17) is 4.74 Å². The van der Waals surface area contributed by atoms with Crippen LogP contribution in [0.2, 0.25) is 0 Å². The first-order valence-corrected chi connectivity index (χ1v) is 9.25. The topological polar surface area (TPSA) is 17.4 Å². The van der Waals surface area contributed by atoms with Gasteiger partial charge in [0, 0.05) is 42.7 Å². The van der Waals surface area contributed by atoms with Crippen LogP contribution in [-0.4, -0.2) is 30.2 Å². The number of methoxy groups -OCH3 is 1. The fourth-order valence-corrected chi connectivity index (χ4v) is 3.92. The Labute approximate surface area is 155 Å². The number of hydrogen-bond acceptors (Lipinski definition) is 2. The summed E-state index contributed by atoms with van der Waals surface area (Å²) in [6.07, 6.45) is 5.58. The highest BCUT2D eigenvalue weighted by Gasteiger charge is 2.21. The second-order valence-electron chi connectivity index (χ2n) is 7.22. The molecule has 1 aromatic heterocycles. The maximum absolute atomic E-state index is 5.23. The van der Waals surface area contributed by atoms with Crippen LogP contribution in [0, 0.1) is 6.92 Å². The SMILES string of the molecule is COc1ccc(C=CCn2c3c(c4cc(C)ccc42)CN(C)CC3)cc1. The van der Waals surface area contributed by atoms with Crippen molar-refractivity contribution in [2.75, 3.05) is 20.7 Å². The van der Waals surface area contributed by atoms with Crippen molar-refractivity contribution in [2.24, 2.45) is 0 Å². The van der Waals surface area contributed by atoms with Gasteiger partial charge in [0.15, 0.2) is 0 Å². The van der Waals surface area contributed by atoms with E-state index in [1.807, 2.05) is 12.1 Å². The van der Waals surface area contributed by atoms with Gasteiger partial charge in [-0.25, -0.2) is 0 Å². The molecule has 0 amide bonds. The number of likely N-dealkylation sites (N-methyl/N-ethyl adjacent to an activating group) is 1. The largest absolute Gasteiger partial charge is 0.497 e. The zero-order valence-electron chi connectivity index (χ0n) is 15.8. The van der Waals surface area contributed by atoms with E-state index in [0.29, 0.717) is 0 Å². The van der Waals surface area contributed by atoms with Crippen molar-refractivity contribution >= 4 is 17.0 Å². The Morgan fingerprint density at radius 2 is 1.92 bits per heavy atom. The third-order valence-electron chi connectivity index (χ3n) is 5.31. The summed E-state index contributed by atoms with van der Waals surface area (Å²) in [5.41, 5.74) is 6.90. The Balaban J connectivity index is 1.66. The van der Waals surface area contributed by atoms with Gasteiger partial charge in [-0.15, -0.1) is 0 Å². The lowest BCUT2D eigenvalue weighted by Crippen LogP contribution is -2.27. The Kier molecular flexibility index (Phi) is 4.56. The molecular weight excluding hydrogens is 320 g/mol. The van der Waals surface area contributed by atoms with Crippen LogP contribution >= 0.6 is 0 Å².